The molecule has 7 nitrogen and oxygen atoms in total. The lowest BCUT2D eigenvalue weighted by Gasteiger charge is -2.17. The first-order chi connectivity index (χ1) is 16.9. The van der Waals surface area contributed by atoms with Crippen LogP contribution in [0.3, 0.4) is 0 Å². The number of ether oxygens (including phenoxy) is 1. The number of thiazole rings is 1. The summed E-state index contributed by atoms with van der Waals surface area (Å²) in [5.41, 5.74) is 2.89. The number of anilines is 1. The van der Waals surface area contributed by atoms with Gasteiger partial charge in [0.15, 0.2) is 5.13 Å². The Morgan fingerprint density at radius 2 is 1.69 bits per heavy atom. The van der Waals surface area contributed by atoms with E-state index >= 15 is 0 Å². The van der Waals surface area contributed by atoms with Crippen molar-refractivity contribution in [1.29, 1.82) is 0 Å². The van der Waals surface area contributed by atoms with Gasteiger partial charge in [0.1, 0.15) is 5.75 Å². The third kappa shape index (κ3) is 5.94. The highest BCUT2D eigenvalue weighted by Gasteiger charge is 2.21. The first kappa shape index (κ1) is 24.6. The fourth-order valence-corrected chi connectivity index (χ4v) is 5.28. The van der Waals surface area contributed by atoms with Crippen molar-refractivity contribution in [3.05, 3.63) is 95.4 Å². The van der Waals surface area contributed by atoms with Gasteiger partial charge < -0.3 is 4.74 Å². The summed E-state index contributed by atoms with van der Waals surface area (Å²) in [6.45, 7) is 2.79. The van der Waals surface area contributed by atoms with Crippen molar-refractivity contribution in [3.63, 3.8) is 0 Å². The van der Waals surface area contributed by atoms with Crippen molar-refractivity contribution in [2.24, 2.45) is 0 Å². The normalized spacial score (nSPS) is 11.4. The fraction of sp³-hybridized carbons (Fsp3) is 0.154. The number of amides is 1. The Morgan fingerprint density at radius 3 is 2.34 bits per heavy atom. The molecule has 0 fully saturated rings. The Labute approximate surface area is 209 Å². The summed E-state index contributed by atoms with van der Waals surface area (Å²) in [5.74, 6) is 0.427. The number of carbonyl (C=O) groups excluding carboxylic acids is 1. The lowest BCUT2D eigenvalue weighted by molar-refractivity contribution is 0.102. The van der Waals surface area contributed by atoms with Crippen molar-refractivity contribution in [3.8, 4) is 17.0 Å². The zero-order chi connectivity index (χ0) is 24.8. The van der Waals surface area contributed by atoms with Gasteiger partial charge in [-0.05, 0) is 61.0 Å². The summed E-state index contributed by atoms with van der Waals surface area (Å²) >= 11 is 1.32. The van der Waals surface area contributed by atoms with Crippen LogP contribution in [0.25, 0.3) is 11.3 Å². The van der Waals surface area contributed by atoms with Gasteiger partial charge in [-0.2, -0.15) is 4.31 Å². The van der Waals surface area contributed by atoms with E-state index in [1.807, 2.05) is 66.9 Å². The smallest absolute Gasteiger partial charge is 0.257 e. The number of nitrogens with zero attached hydrogens (tertiary/aromatic N) is 2. The second kappa shape index (κ2) is 10.8. The first-order valence-electron chi connectivity index (χ1n) is 11.0. The number of hydrogen-bond donors (Lipinski definition) is 1. The lowest BCUT2D eigenvalue weighted by Crippen LogP contribution is -2.26. The van der Waals surface area contributed by atoms with E-state index in [9.17, 15) is 13.2 Å². The van der Waals surface area contributed by atoms with Crippen LogP contribution in [0.1, 0.15) is 22.8 Å². The molecular formula is C26H25N3O4S2. The van der Waals surface area contributed by atoms with Crippen LogP contribution >= 0.6 is 11.3 Å². The van der Waals surface area contributed by atoms with Gasteiger partial charge in [-0.3, -0.25) is 10.1 Å². The minimum atomic E-state index is -3.69. The molecule has 35 heavy (non-hydrogen) atoms. The monoisotopic (exact) mass is 507 g/mol. The van der Waals surface area contributed by atoms with E-state index in [2.05, 4.69) is 10.3 Å². The van der Waals surface area contributed by atoms with Gasteiger partial charge in [-0.25, -0.2) is 13.4 Å². The van der Waals surface area contributed by atoms with Crippen LogP contribution in [-0.2, 0) is 16.6 Å². The zero-order valence-electron chi connectivity index (χ0n) is 19.3. The predicted molar refractivity (Wildman–Crippen MR) is 138 cm³/mol. The van der Waals surface area contributed by atoms with Crippen LogP contribution < -0.4 is 10.1 Å². The molecule has 4 aromatic rings. The summed E-state index contributed by atoms with van der Waals surface area (Å²) in [7, 11) is -2.16. The molecule has 0 saturated heterocycles. The van der Waals surface area contributed by atoms with Crippen molar-refractivity contribution in [2.75, 3.05) is 19.0 Å². The molecular weight excluding hydrogens is 482 g/mol. The highest BCUT2D eigenvalue weighted by atomic mass is 32.2. The number of hydrogen-bond acceptors (Lipinski definition) is 6. The first-order valence-corrected chi connectivity index (χ1v) is 13.3. The van der Waals surface area contributed by atoms with Crippen molar-refractivity contribution in [2.45, 2.75) is 18.4 Å². The van der Waals surface area contributed by atoms with Gasteiger partial charge in [0.2, 0.25) is 10.0 Å². The maximum absolute atomic E-state index is 12.9. The Hall–Kier alpha value is -3.53. The standard InChI is InChI=1S/C26H25N3O4S2/c1-3-33-22-13-9-20(10-14-22)24-18-34-26(27-24)28-25(30)21-11-15-23(16-12-21)35(31,32)29(2)17-19-7-5-4-6-8-19/h4-16,18H,3,17H2,1-2H3,(H,27,28,30). The topological polar surface area (TPSA) is 88.6 Å². The third-order valence-corrected chi connectivity index (χ3v) is 7.83. The van der Waals surface area contributed by atoms with Gasteiger partial charge >= 0.3 is 0 Å². The van der Waals surface area contributed by atoms with Crippen LogP contribution in [0.4, 0.5) is 5.13 Å². The van der Waals surface area contributed by atoms with Gasteiger partial charge in [-0.15, -0.1) is 11.3 Å². The van der Waals surface area contributed by atoms with E-state index in [-0.39, 0.29) is 17.3 Å². The summed E-state index contributed by atoms with van der Waals surface area (Å²) in [6.07, 6.45) is 0. The molecule has 9 heteroatoms. The molecule has 3 aromatic carbocycles. The molecule has 180 valence electrons. The maximum Gasteiger partial charge on any atom is 0.257 e. The summed E-state index contributed by atoms with van der Waals surface area (Å²) in [6, 6.07) is 22.8. The Bertz CT molecular complexity index is 1380. The molecule has 0 aliphatic rings. The van der Waals surface area contributed by atoms with E-state index in [1.54, 1.807) is 0 Å². The van der Waals surface area contributed by atoms with Gasteiger partial charge in [0, 0.05) is 30.1 Å². The molecule has 0 atom stereocenters. The minimum absolute atomic E-state index is 0.125. The molecule has 1 N–H and O–H groups in total. The summed E-state index contributed by atoms with van der Waals surface area (Å²) in [5, 5.41) is 5.10. The van der Waals surface area contributed by atoms with E-state index in [4.69, 9.17) is 4.74 Å². The highest BCUT2D eigenvalue weighted by molar-refractivity contribution is 7.89. The minimum Gasteiger partial charge on any atom is -0.494 e. The molecule has 1 amide bonds. The molecule has 0 aliphatic heterocycles. The third-order valence-electron chi connectivity index (χ3n) is 5.26. The van der Waals surface area contributed by atoms with Crippen LogP contribution in [0, 0.1) is 0 Å². The Morgan fingerprint density at radius 1 is 1.00 bits per heavy atom. The van der Waals surface area contributed by atoms with Crippen LogP contribution in [0.15, 0.2) is 89.1 Å². The maximum atomic E-state index is 12.9. The molecule has 4 rings (SSSR count). The van der Waals surface area contributed by atoms with E-state index in [0.717, 1.165) is 22.6 Å². The van der Waals surface area contributed by atoms with E-state index in [0.29, 0.717) is 17.3 Å². The average Bonchev–Trinajstić information content (AvgIpc) is 3.34. The van der Waals surface area contributed by atoms with Gasteiger partial charge in [0.25, 0.3) is 5.91 Å². The predicted octanol–water partition coefficient (Wildman–Crippen LogP) is 5.28. The summed E-state index contributed by atoms with van der Waals surface area (Å²) in [4.78, 5) is 17.3. The number of nitrogens with one attached hydrogen (secondary N) is 1. The molecule has 0 aliphatic carbocycles. The van der Waals surface area contributed by atoms with Crippen LogP contribution in [-0.4, -0.2) is 37.3 Å². The van der Waals surface area contributed by atoms with Crippen LogP contribution in [0.2, 0.25) is 0 Å². The number of rotatable bonds is 9. The summed E-state index contributed by atoms with van der Waals surface area (Å²) < 4.78 is 32.6. The SMILES string of the molecule is CCOc1ccc(-c2csc(NC(=O)c3ccc(S(=O)(=O)N(C)Cc4ccccc4)cc3)n2)cc1. The zero-order valence-corrected chi connectivity index (χ0v) is 21.0. The second-order valence-electron chi connectivity index (χ2n) is 7.72. The molecule has 0 radical (unpaired) electrons. The van der Waals surface area contributed by atoms with Gasteiger partial charge in [-0.1, -0.05) is 30.3 Å². The molecule has 0 bridgehead atoms. The van der Waals surface area contributed by atoms with E-state index in [1.165, 1.54) is 47.0 Å². The number of sulfonamides is 1. The second-order valence-corrected chi connectivity index (χ2v) is 10.6. The molecule has 0 unspecified atom stereocenters. The molecule has 1 heterocycles. The molecule has 1 aromatic heterocycles. The fourth-order valence-electron chi connectivity index (χ4n) is 3.41. The highest BCUT2D eigenvalue weighted by Crippen LogP contribution is 2.27. The van der Waals surface area contributed by atoms with E-state index < -0.39 is 10.0 Å². The largest absolute Gasteiger partial charge is 0.494 e. The van der Waals surface area contributed by atoms with Gasteiger partial charge in [0.05, 0.1) is 17.2 Å². The van der Waals surface area contributed by atoms with Crippen molar-refractivity contribution >= 4 is 32.4 Å². The van der Waals surface area contributed by atoms with Crippen LogP contribution in [0.5, 0.6) is 5.75 Å². The number of carbonyl (C=O) groups is 1. The average molecular weight is 508 g/mol. The van der Waals surface area contributed by atoms with Crippen molar-refractivity contribution in [1.82, 2.24) is 9.29 Å². The number of benzene rings is 3. The molecule has 0 spiro atoms. The Balaban J connectivity index is 1.41. The quantitative estimate of drug-likeness (QED) is 0.333. The van der Waals surface area contributed by atoms with Crippen molar-refractivity contribution < 1.29 is 17.9 Å². The number of aromatic nitrogens is 1. The molecule has 0 saturated carbocycles. The lowest BCUT2D eigenvalue weighted by atomic mass is 10.2. The Kier molecular flexibility index (Phi) is 7.60.